The summed E-state index contributed by atoms with van der Waals surface area (Å²) in [4.78, 5) is 11.0. The van der Waals surface area contributed by atoms with Crippen LogP contribution in [0.25, 0.3) is 5.78 Å². The van der Waals surface area contributed by atoms with Crippen LogP contribution in [0.1, 0.15) is 18.5 Å². The third kappa shape index (κ3) is 2.40. The van der Waals surface area contributed by atoms with Crippen LogP contribution in [-0.2, 0) is 0 Å². The number of nitrogens with one attached hydrogen (secondary N) is 1. The second-order valence-corrected chi connectivity index (χ2v) is 5.22. The van der Waals surface area contributed by atoms with E-state index in [1.54, 1.807) is 6.33 Å². The van der Waals surface area contributed by atoms with Crippen LogP contribution in [0.3, 0.4) is 0 Å². The Hall–Kier alpha value is -1.69. The van der Waals surface area contributed by atoms with E-state index in [1.807, 2.05) is 18.5 Å². The maximum Gasteiger partial charge on any atom is 0.254 e. The van der Waals surface area contributed by atoms with Crippen molar-refractivity contribution in [3.63, 3.8) is 0 Å². The molecule has 6 nitrogen and oxygen atoms in total. The van der Waals surface area contributed by atoms with Crippen LogP contribution in [0.15, 0.2) is 12.4 Å². The molecule has 0 radical (unpaired) electrons. The number of aryl methyl sites for hydroxylation is 1. The first-order valence-electron chi connectivity index (χ1n) is 6.85. The molecule has 1 fully saturated rings. The Kier molecular flexibility index (Phi) is 3.33. The molecule has 3 rings (SSSR count). The maximum atomic E-state index is 4.39. The number of rotatable bonds is 3. The Bertz CT molecular complexity index is 555. The fraction of sp³-hybridized carbons (Fsp3) is 0.615. The molecule has 0 bridgehead atoms. The van der Waals surface area contributed by atoms with Crippen molar-refractivity contribution in [1.82, 2.24) is 24.9 Å². The van der Waals surface area contributed by atoms with Gasteiger partial charge in [-0.2, -0.15) is 14.6 Å². The van der Waals surface area contributed by atoms with Gasteiger partial charge >= 0.3 is 0 Å². The van der Waals surface area contributed by atoms with Gasteiger partial charge in [0.2, 0.25) is 0 Å². The molecule has 1 N–H and O–H groups in total. The lowest BCUT2D eigenvalue weighted by Gasteiger charge is -2.33. The van der Waals surface area contributed by atoms with E-state index in [9.17, 15) is 0 Å². The average Bonchev–Trinajstić information content (AvgIpc) is 2.87. The van der Waals surface area contributed by atoms with E-state index in [-0.39, 0.29) is 0 Å². The van der Waals surface area contributed by atoms with Crippen LogP contribution in [-0.4, -0.2) is 46.3 Å². The van der Waals surface area contributed by atoms with Crippen molar-refractivity contribution < 1.29 is 0 Å². The van der Waals surface area contributed by atoms with Gasteiger partial charge in [-0.25, -0.2) is 4.98 Å². The summed E-state index contributed by atoms with van der Waals surface area (Å²) in [5.74, 6) is 2.59. The van der Waals surface area contributed by atoms with Gasteiger partial charge in [0.1, 0.15) is 12.1 Å². The summed E-state index contributed by atoms with van der Waals surface area (Å²) < 4.78 is 1.84. The standard InChI is InChI=1S/C13H20N6/c1-10-7-12(19-13(17-10)15-9-16-19)18-5-3-11(4-6-18)8-14-2/h7,9,11,14H,3-6,8H2,1-2H3. The highest BCUT2D eigenvalue weighted by atomic mass is 15.4. The average molecular weight is 260 g/mol. The van der Waals surface area contributed by atoms with Crippen molar-refractivity contribution in [3.05, 3.63) is 18.1 Å². The van der Waals surface area contributed by atoms with Crippen molar-refractivity contribution in [2.45, 2.75) is 19.8 Å². The molecular weight excluding hydrogens is 240 g/mol. The molecule has 2 aromatic heterocycles. The molecule has 1 aliphatic rings. The van der Waals surface area contributed by atoms with Crippen LogP contribution in [0, 0.1) is 12.8 Å². The van der Waals surface area contributed by atoms with E-state index in [1.165, 1.54) is 12.8 Å². The van der Waals surface area contributed by atoms with Gasteiger partial charge in [-0.1, -0.05) is 0 Å². The maximum absolute atomic E-state index is 4.39. The van der Waals surface area contributed by atoms with Gasteiger partial charge in [-0.05, 0) is 39.3 Å². The lowest BCUT2D eigenvalue weighted by Crippen LogP contribution is -2.37. The third-order valence-corrected chi connectivity index (χ3v) is 3.79. The number of nitrogens with zero attached hydrogens (tertiary/aromatic N) is 5. The van der Waals surface area contributed by atoms with Crippen LogP contribution in [0.5, 0.6) is 0 Å². The van der Waals surface area contributed by atoms with E-state index in [0.717, 1.165) is 37.1 Å². The van der Waals surface area contributed by atoms with Gasteiger partial charge in [0.05, 0.1) is 0 Å². The number of piperidine rings is 1. The number of hydrogen-bond donors (Lipinski definition) is 1. The van der Waals surface area contributed by atoms with Gasteiger partial charge in [0.15, 0.2) is 0 Å². The van der Waals surface area contributed by atoms with Gasteiger partial charge in [-0.15, -0.1) is 0 Å². The first-order chi connectivity index (χ1) is 9.28. The predicted octanol–water partition coefficient (Wildman–Crippen LogP) is 0.869. The molecule has 3 heterocycles. The largest absolute Gasteiger partial charge is 0.356 e. The lowest BCUT2D eigenvalue weighted by atomic mass is 9.97. The van der Waals surface area contributed by atoms with E-state index in [0.29, 0.717) is 5.78 Å². The summed E-state index contributed by atoms with van der Waals surface area (Å²) in [6.45, 7) is 5.27. The molecule has 2 aromatic rings. The fourth-order valence-electron chi connectivity index (χ4n) is 2.79. The third-order valence-electron chi connectivity index (χ3n) is 3.79. The molecule has 0 atom stereocenters. The zero-order valence-corrected chi connectivity index (χ0v) is 11.5. The van der Waals surface area contributed by atoms with Gasteiger partial charge in [0.25, 0.3) is 5.78 Å². The van der Waals surface area contributed by atoms with E-state index in [4.69, 9.17) is 0 Å². The molecule has 6 heteroatoms. The highest BCUT2D eigenvalue weighted by molar-refractivity contribution is 5.47. The van der Waals surface area contributed by atoms with Gasteiger partial charge in [-0.3, -0.25) is 0 Å². The second kappa shape index (κ2) is 5.13. The van der Waals surface area contributed by atoms with E-state index < -0.39 is 0 Å². The number of anilines is 1. The molecule has 0 aromatic carbocycles. The van der Waals surface area contributed by atoms with Crippen molar-refractivity contribution in [1.29, 1.82) is 0 Å². The Balaban J connectivity index is 1.83. The number of aromatic nitrogens is 4. The normalized spacial score (nSPS) is 17.3. The van der Waals surface area contributed by atoms with Crippen LogP contribution >= 0.6 is 0 Å². The summed E-state index contributed by atoms with van der Waals surface area (Å²) in [5, 5.41) is 7.55. The Morgan fingerprint density at radius 2 is 2.16 bits per heavy atom. The zero-order valence-electron chi connectivity index (χ0n) is 11.5. The fourth-order valence-corrected chi connectivity index (χ4v) is 2.79. The molecule has 102 valence electrons. The molecule has 0 saturated carbocycles. The van der Waals surface area contributed by atoms with Crippen molar-refractivity contribution >= 4 is 11.6 Å². The summed E-state index contributed by atoms with van der Waals surface area (Å²) in [7, 11) is 2.03. The minimum absolute atomic E-state index is 0.687. The Labute approximate surface area is 112 Å². The zero-order chi connectivity index (χ0) is 13.2. The minimum Gasteiger partial charge on any atom is -0.356 e. The second-order valence-electron chi connectivity index (χ2n) is 5.22. The molecule has 0 unspecified atom stereocenters. The number of fused-ring (bicyclic) bond motifs is 1. The van der Waals surface area contributed by atoms with Crippen LogP contribution in [0.4, 0.5) is 5.82 Å². The molecular formula is C13H20N6. The van der Waals surface area contributed by atoms with Crippen LogP contribution < -0.4 is 10.2 Å². The molecule has 1 saturated heterocycles. The molecule has 19 heavy (non-hydrogen) atoms. The first kappa shape index (κ1) is 12.3. The SMILES string of the molecule is CNCC1CCN(c2cc(C)nc3ncnn23)CC1. The molecule has 0 amide bonds. The van der Waals surface area contributed by atoms with E-state index >= 15 is 0 Å². The highest BCUT2D eigenvalue weighted by Gasteiger charge is 2.21. The van der Waals surface area contributed by atoms with Gasteiger partial charge in [0, 0.05) is 24.8 Å². The topological polar surface area (TPSA) is 58.3 Å². The van der Waals surface area contributed by atoms with Crippen molar-refractivity contribution in [3.8, 4) is 0 Å². The monoisotopic (exact) mass is 260 g/mol. The Morgan fingerprint density at radius 1 is 1.37 bits per heavy atom. The molecule has 0 aliphatic carbocycles. The smallest absolute Gasteiger partial charge is 0.254 e. The van der Waals surface area contributed by atoms with Crippen LogP contribution in [0.2, 0.25) is 0 Å². The quantitative estimate of drug-likeness (QED) is 0.887. The summed E-state index contributed by atoms with van der Waals surface area (Å²) in [6.07, 6.45) is 4.01. The highest BCUT2D eigenvalue weighted by Crippen LogP contribution is 2.23. The lowest BCUT2D eigenvalue weighted by molar-refractivity contribution is 0.391. The Morgan fingerprint density at radius 3 is 2.89 bits per heavy atom. The summed E-state index contributed by atoms with van der Waals surface area (Å²) >= 11 is 0. The van der Waals surface area contributed by atoms with Crippen molar-refractivity contribution in [2.75, 3.05) is 31.6 Å². The minimum atomic E-state index is 0.687. The molecule has 0 spiro atoms. The van der Waals surface area contributed by atoms with E-state index in [2.05, 4.69) is 31.3 Å². The van der Waals surface area contributed by atoms with Gasteiger partial charge < -0.3 is 10.2 Å². The van der Waals surface area contributed by atoms with Crippen molar-refractivity contribution in [2.24, 2.45) is 5.92 Å². The predicted molar refractivity (Wildman–Crippen MR) is 74.4 cm³/mol. The molecule has 1 aliphatic heterocycles. The first-order valence-corrected chi connectivity index (χ1v) is 6.85. The summed E-state index contributed by atoms with van der Waals surface area (Å²) in [5.41, 5.74) is 0.993. The number of hydrogen-bond acceptors (Lipinski definition) is 5. The summed E-state index contributed by atoms with van der Waals surface area (Å²) in [6, 6.07) is 2.10.